The van der Waals surface area contributed by atoms with Crippen LogP contribution >= 0.6 is 7.60 Å². The molecule has 5 nitrogen and oxygen atoms in total. The quantitative estimate of drug-likeness (QED) is 0.459. The van der Waals surface area contributed by atoms with Gasteiger partial charge >= 0.3 is 25.9 Å². The van der Waals surface area contributed by atoms with Gasteiger partial charge in [-0.3, -0.25) is 9.36 Å². The van der Waals surface area contributed by atoms with Crippen molar-refractivity contribution in [3.05, 3.63) is 0 Å². The standard InChI is InChI=1S/C8H11F6O5P/c1-2-19-5(15)6(20(16,17)18,3-7(9,10)11)4-8(12,13)14/h2-4H2,1H3,(H2,16,17,18). The number of hydrogen-bond donors (Lipinski definition) is 2. The number of alkyl halides is 6. The predicted octanol–water partition coefficient (Wildman–Crippen LogP) is 2.37. The number of rotatable bonds is 5. The summed E-state index contributed by atoms with van der Waals surface area (Å²) < 4.78 is 89.1. The first-order valence-electron chi connectivity index (χ1n) is 5.01. The van der Waals surface area contributed by atoms with Crippen LogP contribution in [-0.4, -0.2) is 39.9 Å². The lowest BCUT2D eigenvalue weighted by atomic mass is 9.99. The second kappa shape index (κ2) is 5.90. The van der Waals surface area contributed by atoms with E-state index in [0.29, 0.717) is 0 Å². The number of carbonyl (C=O) groups excluding carboxylic acids is 1. The molecule has 0 aromatic heterocycles. The molecule has 0 fully saturated rings. The van der Waals surface area contributed by atoms with E-state index in [4.69, 9.17) is 9.79 Å². The first-order valence-corrected chi connectivity index (χ1v) is 6.62. The van der Waals surface area contributed by atoms with Gasteiger partial charge in [-0.2, -0.15) is 26.3 Å². The van der Waals surface area contributed by atoms with Gasteiger partial charge in [0.1, 0.15) is 0 Å². The van der Waals surface area contributed by atoms with E-state index in [9.17, 15) is 35.7 Å². The maximum absolute atomic E-state index is 12.3. The molecular weight excluding hydrogens is 321 g/mol. The summed E-state index contributed by atoms with van der Waals surface area (Å²) in [6, 6.07) is 0. The van der Waals surface area contributed by atoms with Gasteiger partial charge in [-0.25, -0.2) is 0 Å². The smallest absolute Gasteiger partial charge is 0.390 e. The van der Waals surface area contributed by atoms with Crippen LogP contribution in [0.5, 0.6) is 0 Å². The second-order valence-electron chi connectivity index (χ2n) is 3.88. The predicted molar refractivity (Wildman–Crippen MR) is 52.8 cm³/mol. The lowest BCUT2D eigenvalue weighted by Crippen LogP contribution is -2.47. The van der Waals surface area contributed by atoms with Crippen LogP contribution in [0.1, 0.15) is 19.8 Å². The van der Waals surface area contributed by atoms with Gasteiger partial charge in [0.2, 0.25) is 0 Å². The fourth-order valence-corrected chi connectivity index (χ4v) is 2.53. The molecule has 0 atom stereocenters. The normalized spacial score (nSPS) is 14.2. The van der Waals surface area contributed by atoms with Gasteiger partial charge in [-0.05, 0) is 6.92 Å². The molecule has 0 heterocycles. The number of carbonyl (C=O) groups is 1. The van der Waals surface area contributed by atoms with Gasteiger partial charge in [0.25, 0.3) is 0 Å². The molecule has 0 aromatic rings. The average Bonchev–Trinajstić information content (AvgIpc) is 2.10. The Bertz CT molecular complexity index is 381. The molecular formula is C8H11F6O5P. The van der Waals surface area contributed by atoms with Crippen LogP contribution < -0.4 is 0 Å². The zero-order valence-corrected chi connectivity index (χ0v) is 10.8. The Morgan fingerprint density at radius 2 is 1.40 bits per heavy atom. The van der Waals surface area contributed by atoms with Crippen LogP contribution in [-0.2, 0) is 14.1 Å². The highest BCUT2D eigenvalue weighted by atomic mass is 31.2. The first-order chi connectivity index (χ1) is 8.65. The Morgan fingerprint density at radius 1 is 1.05 bits per heavy atom. The highest BCUT2D eigenvalue weighted by Gasteiger charge is 2.64. The zero-order chi connectivity index (χ0) is 16.4. The number of ether oxygens (including phenoxy) is 1. The third kappa shape index (κ3) is 5.29. The minimum atomic E-state index is -6.10. The first kappa shape index (κ1) is 19.2. The molecule has 12 heteroatoms. The van der Waals surface area contributed by atoms with Crippen LogP contribution in [0.15, 0.2) is 0 Å². The van der Waals surface area contributed by atoms with Crippen LogP contribution in [0.3, 0.4) is 0 Å². The fraction of sp³-hybridized carbons (Fsp3) is 0.875. The van der Waals surface area contributed by atoms with Crippen LogP contribution in [0.25, 0.3) is 0 Å². The molecule has 0 aliphatic carbocycles. The van der Waals surface area contributed by atoms with E-state index >= 15 is 0 Å². The van der Waals surface area contributed by atoms with Gasteiger partial charge in [0.15, 0.2) is 5.16 Å². The van der Waals surface area contributed by atoms with Gasteiger partial charge in [-0.15, -0.1) is 0 Å². The summed E-state index contributed by atoms with van der Waals surface area (Å²) in [4.78, 5) is 29.1. The molecule has 0 saturated carbocycles. The fourth-order valence-electron chi connectivity index (χ4n) is 1.46. The summed E-state index contributed by atoms with van der Waals surface area (Å²) in [7, 11) is -6.10. The van der Waals surface area contributed by atoms with Gasteiger partial charge in [0.05, 0.1) is 19.4 Å². The molecule has 0 aliphatic heterocycles. The van der Waals surface area contributed by atoms with Crippen LogP contribution in [0.4, 0.5) is 26.3 Å². The third-order valence-electron chi connectivity index (χ3n) is 2.20. The topological polar surface area (TPSA) is 83.8 Å². The molecule has 0 amide bonds. The van der Waals surface area contributed by atoms with Gasteiger partial charge in [0, 0.05) is 0 Å². The summed E-state index contributed by atoms with van der Waals surface area (Å²) in [5.74, 6) is -2.23. The lowest BCUT2D eigenvalue weighted by molar-refractivity contribution is -0.185. The molecule has 0 spiro atoms. The molecule has 0 unspecified atom stereocenters. The van der Waals surface area contributed by atoms with Crippen molar-refractivity contribution in [2.24, 2.45) is 0 Å². The molecule has 0 aromatic carbocycles. The summed E-state index contributed by atoms with van der Waals surface area (Å²) in [5.41, 5.74) is 0. The summed E-state index contributed by atoms with van der Waals surface area (Å²) in [6.45, 7) is 0.444. The third-order valence-corrected chi connectivity index (χ3v) is 3.81. The Kier molecular flexibility index (Phi) is 5.67. The van der Waals surface area contributed by atoms with Crippen LogP contribution in [0.2, 0.25) is 0 Å². The van der Waals surface area contributed by atoms with E-state index in [0.717, 1.165) is 6.92 Å². The summed E-state index contributed by atoms with van der Waals surface area (Å²) in [5, 5.41) is -4.03. The molecule has 0 bridgehead atoms. The van der Waals surface area contributed by atoms with Crippen molar-refractivity contribution in [3.63, 3.8) is 0 Å². The van der Waals surface area contributed by atoms with E-state index in [1.165, 1.54) is 0 Å². The van der Waals surface area contributed by atoms with Crippen molar-refractivity contribution in [2.75, 3.05) is 6.61 Å². The SMILES string of the molecule is CCOC(=O)C(CC(F)(F)F)(CC(F)(F)F)P(=O)(O)O. The van der Waals surface area contributed by atoms with E-state index in [1.54, 1.807) is 0 Å². The second-order valence-corrected chi connectivity index (χ2v) is 5.82. The molecule has 120 valence electrons. The monoisotopic (exact) mass is 332 g/mol. The molecule has 20 heavy (non-hydrogen) atoms. The highest BCUT2D eigenvalue weighted by molar-refractivity contribution is 7.54. The summed E-state index contributed by atoms with van der Waals surface area (Å²) >= 11 is 0. The number of hydrogen-bond acceptors (Lipinski definition) is 3. The number of esters is 1. The molecule has 0 rings (SSSR count). The van der Waals surface area contributed by atoms with Crippen molar-refractivity contribution < 1.29 is 50.2 Å². The summed E-state index contributed by atoms with van der Waals surface area (Å²) in [6.07, 6.45) is -16.1. The Balaban J connectivity index is 5.92. The van der Waals surface area contributed by atoms with Crippen molar-refractivity contribution in [1.29, 1.82) is 0 Å². The Morgan fingerprint density at radius 3 is 1.60 bits per heavy atom. The van der Waals surface area contributed by atoms with E-state index < -0.39 is 50.5 Å². The lowest BCUT2D eigenvalue weighted by Gasteiger charge is -2.33. The molecule has 2 N–H and O–H groups in total. The van der Waals surface area contributed by atoms with E-state index in [2.05, 4.69) is 4.74 Å². The van der Waals surface area contributed by atoms with Crippen LogP contribution in [0, 0.1) is 0 Å². The van der Waals surface area contributed by atoms with Crippen molar-refractivity contribution in [3.8, 4) is 0 Å². The van der Waals surface area contributed by atoms with Crippen molar-refractivity contribution in [1.82, 2.24) is 0 Å². The molecule has 0 saturated heterocycles. The van der Waals surface area contributed by atoms with E-state index in [-0.39, 0.29) is 0 Å². The Hall–Kier alpha value is -0.800. The van der Waals surface area contributed by atoms with Crippen molar-refractivity contribution in [2.45, 2.75) is 37.3 Å². The maximum atomic E-state index is 12.3. The van der Waals surface area contributed by atoms with E-state index in [1.807, 2.05) is 0 Å². The largest absolute Gasteiger partial charge is 0.465 e. The van der Waals surface area contributed by atoms with Crippen molar-refractivity contribution >= 4 is 13.6 Å². The average molecular weight is 332 g/mol. The molecule has 0 aliphatic rings. The zero-order valence-electron chi connectivity index (χ0n) is 9.96. The molecule has 0 radical (unpaired) electrons. The van der Waals surface area contributed by atoms with Gasteiger partial charge in [-0.1, -0.05) is 0 Å². The van der Waals surface area contributed by atoms with Gasteiger partial charge < -0.3 is 14.5 Å². The Labute approximate surface area is 109 Å². The number of halogens is 6. The highest BCUT2D eigenvalue weighted by Crippen LogP contribution is 2.59. The maximum Gasteiger partial charge on any atom is 0.390 e. The minimum absolute atomic E-state index is 0.629. The minimum Gasteiger partial charge on any atom is -0.465 e.